The van der Waals surface area contributed by atoms with Crippen molar-refractivity contribution in [2.45, 2.75) is 6.92 Å². The highest BCUT2D eigenvalue weighted by atomic mass is 16.6. The summed E-state index contributed by atoms with van der Waals surface area (Å²) in [5.74, 6) is -0.742. The van der Waals surface area contributed by atoms with Crippen LogP contribution in [0.4, 0.5) is 11.4 Å². The molecule has 0 fully saturated rings. The summed E-state index contributed by atoms with van der Waals surface area (Å²) in [5.41, 5.74) is 1.04. The van der Waals surface area contributed by atoms with Crippen molar-refractivity contribution in [1.29, 1.82) is 0 Å². The van der Waals surface area contributed by atoms with Crippen molar-refractivity contribution in [1.82, 2.24) is 0 Å². The molecular weight excluding hydrogens is 272 g/mol. The van der Waals surface area contributed by atoms with Crippen LogP contribution in [0.25, 0.3) is 0 Å². The minimum Gasteiger partial charge on any atom is -0.508 e. The lowest BCUT2D eigenvalue weighted by atomic mass is 10.1. The zero-order valence-corrected chi connectivity index (χ0v) is 11.6. The van der Waals surface area contributed by atoms with Crippen molar-refractivity contribution in [3.63, 3.8) is 0 Å². The zero-order valence-electron chi connectivity index (χ0n) is 11.6. The number of amides is 1. The smallest absolute Gasteiger partial charge is 0.282 e. The molecule has 0 saturated carbocycles. The highest BCUT2D eigenvalue weighted by Crippen LogP contribution is 2.27. The normalized spacial score (nSPS) is 10.2. The highest BCUT2D eigenvalue weighted by molar-refractivity contribution is 6.08. The van der Waals surface area contributed by atoms with Crippen LogP contribution in [0.3, 0.4) is 0 Å². The second-order valence-electron chi connectivity index (χ2n) is 4.61. The van der Waals surface area contributed by atoms with Crippen molar-refractivity contribution < 1.29 is 14.8 Å². The van der Waals surface area contributed by atoms with E-state index in [2.05, 4.69) is 0 Å². The molecule has 0 aromatic heterocycles. The van der Waals surface area contributed by atoms with Gasteiger partial charge in [-0.3, -0.25) is 14.9 Å². The molecule has 2 rings (SSSR count). The number of anilines is 1. The van der Waals surface area contributed by atoms with Gasteiger partial charge in [-0.2, -0.15) is 0 Å². The number of carbonyl (C=O) groups is 1. The number of nitro benzene ring substituents is 1. The van der Waals surface area contributed by atoms with Crippen LogP contribution in [0, 0.1) is 17.0 Å². The summed E-state index contributed by atoms with van der Waals surface area (Å²) in [6.07, 6.45) is 0. The lowest BCUT2D eigenvalue weighted by Gasteiger charge is -2.19. The molecular formula is C15H14N2O4. The second kappa shape index (κ2) is 5.62. The Morgan fingerprint density at radius 3 is 2.52 bits per heavy atom. The Bertz CT molecular complexity index is 713. The molecule has 0 atom stereocenters. The topological polar surface area (TPSA) is 83.7 Å². The van der Waals surface area contributed by atoms with Crippen molar-refractivity contribution in [2.24, 2.45) is 0 Å². The van der Waals surface area contributed by atoms with Gasteiger partial charge in [0, 0.05) is 18.8 Å². The fourth-order valence-electron chi connectivity index (χ4n) is 2.08. The molecule has 0 unspecified atom stereocenters. The second-order valence-corrected chi connectivity index (χ2v) is 4.61. The molecule has 0 aliphatic rings. The summed E-state index contributed by atoms with van der Waals surface area (Å²) in [6, 6.07) is 10.6. The Balaban J connectivity index is 2.47. The molecule has 2 aromatic rings. The van der Waals surface area contributed by atoms with Crippen molar-refractivity contribution in [2.75, 3.05) is 11.9 Å². The van der Waals surface area contributed by atoms with E-state index in [1.165, 1.54) is 11.0 Å². The van der Waals surface area contributed by atoms with Crippen molar-refractivity contribution in [3.05, 3.63) is 63.7 Å². The number of para-hydroxylation sites is 1. The SMILES string of the molecule is Cc1ccccc1N(C)C(=O)c1cc(O)ccc1[N+](=O)[O-]. The number of nitro groups is 1. The average Bonchev–Trinajstić information content (AvgIpc) is 2.45. The third-order valence-corrected chi connectivity index (χ3v) is 3.19. The van der Waals surface area contributed by atoms with Crippen LogP contribution in [0.2, 0.25) is 0 Å². The predicted molar refractivity (Wildman–Crippen MR) is 78.7 cm³/mol. The molecule has 21 heavy (non-hydrogen) atoms. The number of nitrogens with zero attached hydrogens (tertiary/aromatic N) is 2. The molecule has 6 heteroatoms. The minimum atomic E-state index is -0.641. The lowest BCUT2D eigenvalue weighted by Crippen LogP contribution is -2.27. The fourth-order valence-corrected chi connectivity index (χ4v) is 2.08. The first-order valence-electron chi connectivity index (χ1n) is 6.23. The fraction of sp³-hybridized carbons (Fsp3) is 0.133. The van der Waals surface area contributed by atoms with Crippen LogP contribution >= 0.6 is 0 Å². The van der Waals surface area contributed by atoms with Crippen LogP contribution in [-0.2, 0) is 0 Å². The van der Waals surface area contributed by atoms with E-state index in [0.717, 1.165) is 17.7 Å². The van der Waals surface area contributed by atoms with Gasteiger partial charge in [-0.1, -0.05) is 18.2 Å². The number of aromatic hydroxyl groups is 1. The Kier molecular flexibility index (Phi) is 3.89. The first-order valence-corrected chi connectivity index (χ1v) is 6.23. The monoisotopic (exact) mass is 286 g/mol. The maximum atomic E-state index is 12.5. The molecule has 0 radical (unpaired) electrons. The number of carbonyl (C=O) groups excluding carboxylic acids is 1. The van der Waals surface area contributed by atoms with Gasteiger partial charge >= 0.3 is 0 Å². The van der Waals surface area contributed by atoms with Gasteiger partial charge in [0.05, 0.1) is 4.92 Å². The molecule has 0 saturated heterocycles. The highest BCUT2D eigenvalue weighted by Gasteiger charge is 2.24. The zero-order chi connectivity index (χ0) is 15.6. The van der Waals surface area contributed by atoms with E-state index in [1.54, 1.807) is 19.2 Å². The summed E-state index contributed by atoms with van der Waals surface area (Å²) in [4.78, 5) is 24.2. The van der Waals surface area contributed by atoms with Gasteiger partial charge in [0.15, 0.2) is 0 Å². The number of aryl methyl sites for hydroxylation is 1. The summed E-state index contributed by atoms with van der Waals surface area (Å²) in [5, 5.41) is 20.5. The van der Waals surface area contributed by atoms with Gasteiger partial charge in [-0.25, -0.2) is 0 Å². The van der Waals surface area contributed by atoms with Crippen LogP contribution in [0.1, 0.15) is 15.9 Å². The van der Waals surface area contributed by atoms with Gasteiger partial charge in [-0.05, 0) is 30.7 Å². The van der Waals surface area contributed by atoms with E-state index in [9.17, 15) is 20.0 Å². The van der Waals surface area contributed by atoms with E-state index in [0.29, 0.717) is 5.69 Å². The van der Waals surface area contributed by atoms with Gasteiger partial charge in [0.2, 0.25) is 0 Å². The third-order valence-electron chi connectivity index (χ3n) is 3.19. The van der Waals surface area contributed by atoms with Crippen molar-refractivity contribution >= 4 is 17.3 Å². The quantitative estimate of drug-likeness (QED) is 0.694. The average molecular weight is 286 g/mol. The first kappa shape index (κ1) is 14.5. The summed E-state index contributed by atoms with van der Waals surface area (Å²) < 4.78 is 0. The largest absolute Gasteiger partial charge is 0.508 e. The summed E-state index contributed by atoms with van der Waals surface area (Å²) in [7, 11) is 1.54. The van der Waals surface area contributed by atoms with Crippen LogP contribution < -0.4 is 4.90 Å². The summed E-state index contributed by atoms with van der Waals surface area (Å²) in [6.45, 7) is 1.84. The minimum absolute atomic E-state index is 0.147. The number of rotatable bonds is 3. The Morgan fingerprint density at radius 1 is 1.24 bits per heavy atom. The first-order chi connectivity index (χ1) is 9.91. The Morgan fingerprint density at radius 2 is 1.90 bits per heavy atom. The standard InChI is InChI=1S/C15H14N2O4/c1-10-5-3-4-6-13(10)16(2)15(19)12-9-11(18)7-8-14(12)17(20)21/h3-9,18H,1-2H3. The number of phenols is 1. The predicted octanol–water partition coefficient (Wildman–Crippen LogP) is 2.89. The molecule has 6 nitrogen and oxygen atoms in total. The maximum absolute atomic E-state index is 12.5. The van der Waals surface area contributed by atoms with Crippen LogP contribution in [0.15, 0.2) is 42.5 Å². The number of hydrogen-bond donors (Lipinski definition) is 1. The van der Waals surface area contributed by atoms with E-state index in [-0.39, 0.29) is 17.0 Å². The van der Waals surface area contributed by atoms with E-state index < -0.39 is 10.8 Å². The molecule has 0 aliphatic carbocycles. The molecule has 0 bridgehead atoms. The number of phenolic OH excluding ortho intramolecular Hbond substituents is 1. The van der Waals surface area contributed by atoms with Crippen LogP contribution in [0.5, 0.6) is 5.75 Å². The van der Waals surface area contributed by atoms with Gasteiger partial charge in [0.25, 0.3) is 11.6 Å². The van der Waals surface area contributed by atoms with Gasteiger partial charge in [0.1, 0.15) is 11.3 Å². The van der Waals surface area contributed by atoms with Crippen molar-refractivity contribution in [3.8, 4) is 5.75 Å². The van der Waals surface area contributed by atoms with Gasteiger partial charge in [-0.15, -0.1) is 0 Å². The molecule has 0 heterocycles. The molecule has 1 amide bonds. The Labute approximate surface area is 121 Å². The third kappa shape index (κ3) is 2.84. The van der Waals surface area contributed by atoms with E-state index in [4.69, 9.17) is 0 Å². The number of benzene rings is 2. The molecule has 2 aromatic carbocycles. The molecule has 0 aliphatic heterocycles. The molecule has 0 spiro atoms. The van der Waals surface area contributed by atoms with Crippen LogP contribution in [-0.4, -0.2) is 23.0 Å². The molecule has 108 valence electrons. The van der Waals surface area contributed by atoms with Gasteiger partial charge < -0.3 is 10.0 Å². The van der Waals surface area contributed by atoms with E-state index in [1.807, 2.05) is 19.1 Å². The lowest BCUT2D eigenvalue weighted by molar-refractivity contribution is -0.385. The Hall–Kier alpha value is -2.89. The number of hydrogen-bond acceptors (Lipinski definition) is 4. The molecule has 1 N–H and O–H groups in total. The maximum Gasteiger partial charge on any atom is 0.282 e. The van der Waals surface area contributed by atoms with E-state index >= 15 is 0 Å². The summed E-state index contributed by atoms with van der Waals surface area (Å²) >= 11 is 0.